The van der Waals surface area contributed by atoms with Gasteiger partial charge in [0.1, 0.15) is 24.2 Å². The average Bonchev–Trinajstić information content (AvgIpc) is 2.93. The number of rotatable bonds is 17. The molecule has 0 fully saturated rings. The summed E-state index contributed by atoms with van der Waals surface area (Å²) >= 11 is 0. The zero-order valence-corrected chi connectivity index (χ0v) is 29.2. The third-order valence-electron chi connectivity index (χ3n) is 7.43. The van der Waals surface area contributed by atoms with Crippen molar-refractivity contribution in [3.05, 3.63) is 0 Å². The number of carbonyl (C=O) groups is 6. The fourth-order valence-electron chi connectivity index (χ4n) is 4.73. The second kappa shape index (κ2) is 19.2. The molecule has 0 aliphatic carbocycles. The minimum Gasteiger partial charge on any atom is -0.357 e. The highest BCUT2D eigenvalue weighted by Gasteiger charge is 2.36. The van der Waals surface area contributed by atoms with Crippen molar-refractivity contribution in [1.82, 2.24) is 36.4 Å². The molecule has 44 heavy (non-hydrogen) atoms. The van der Waals surface area contributed by atoms with E-state index in [0.717, 1.165) is 0 Å². The van der Waals surface area contributed by atoms with Crippen LogP contribution in [0.3, 0.4) is 0 Å². The summed E-state index contributed by atoms with van der Waals surface area (Å²) in [5, 5.41) is 13.3. The van der Waals surface area contributed by atoms with Gasteiger partial charge in [-0.25, -0.2) is 4.79 Å². The maximum Gasteiger partial charge on any atom is 0.324 e. The summed E-state index contributed by atoms with van der Waals surface area (Å²) in [5.41, 5.74) is 0. The maximum atomic E-state index is 13.7. The molecule has 0 aromatic rings. The quantitative estimate of drug-likeness (QED) is 0.163. The van der Waals surface area contributed by atoms with Gasteiger partial charge in [0.15, 0.2) is 0 Å². The molecular weight excluding hydrogens is 566 g/mol. The number of imide groups is 1. The lowest BCUT2D eigenvalue weighted by Gasteiger charge is -2.34. The smallest absolute Gasteiger partial charge is 0.324 e. The molecule has 0 saturated heterocycles. The van der Waals surface area contributed by atoms with Gasteiger partial charge < -0.3 is 31.1 Å². The zero-order chi connectivity index (χ0) is 34.5. The number of amides is 7. The molecule has 0 rings (SSSR count). The van der Waals surface area contributed by atoms with Crippen LogP contribution in [-0.2, 0) is 24.0 Å². The van der Waals surface area contributed by atoms with E-state index in [1.807, 2.05) is 55.4 Å². The number of carbonyl (C=O) groups excluding carboxylic acids is 6. The Morgan fingerprint density at radius 1 is 0.591 bits per heavy atom. The first-order valence-electron chi connectivity index (χ1n) is 15.6. The summed E-state index contributed by atoms with van der Waals surface area (Å²) in [6.07, 6.45) is 1.29. The van der Waals surface area contributed by atoms with Gasteiger partial charge >= 0.3 is 6.03 Å². The van der Waals surface area contributed by atoms with E-state index in [4.69, 9.17) is 0 Å². The van der Waals surface area contributed by atoms with Crippen molar-refractivity contribution in [3.8, 4) is 0 Å². The molecule has 13 nitrogen and oxygen atoms in total. The van der Waals surface area contributed by atoms with E-state index in [9.17, 15) is 28.8 Å². The van der Waals surface area contributed by atoms with Crippen molar-refractivity contribution >= 4 is 35.6 Å². The van der Waals surface area contributed by atoms with E-state index in [2.05, 4.69) is 26.6 Å². The van der Waals surface area contributed by atoms with Gasteiger partial charge in [0, 0.05) is 21.1 Å². The van der Waals surface area contributed by atoms with Gasteiger partial charge in [-0.3, -0.25) is 29.3 Å². The largest absolute Gasteiger partial charge is 0.357 e. The van der Waals surface area contributed by atoms with Gasteiger partial charge in [-0.05, 0) is 56.9 Å². The Morgan fingerprint density at radius 2 is 1.07 bits per heavy atom. The first kappa shape index (κ1) is 40.8. The van der Waals surface area contributed by atoms with Crippen molar-refractivity contribution < 1.29 is 28.8 Å². The normalized spacial score (nSPS) is 14.8. The van der Waals surface area contributed by atoms with Crippen LogP contribution in [0.4, 0.5) is 4.79 Å². The predicted molar refractivity (Wildman–Crippen MR) is 171 cm³/mol. The van der Waals surface area contributed by atoms with Gasteiger partial charge in [0.2, 0.25) is 29.5 Å². The molecule has 0 unspecified atom stereocenters. The summed E-state index contributed by atoms with van der Waals surface area (Å²) in [6.45, 7) is 16.8. The third kappa shape index (κ3) is 13.2. The summed E-state index contributed by atoms with van der Waals surface area (Å²) in [7, 11) is 6.11. The van der Waals surface area contributed by atoms with Crippen LogP contribution in [0.15, 0.2) is 0 Å². The second-order valence-corrected chi connectivity index (χ2v) is 13.2. The summed E-state index contributed by atoms with van der Waals surface area (Å²) in [6, 6.07) is -4.95. The van der Waals surface area contributed by atoms with Crippen LogP contribution < -0.4 is 26.6 Å². The van der Waals surface area contributed by atoms with Crippen LogP contribution in [-0.4, -0.2) is 104 Å². The predicted octanol–water partition coefficient (Wildman–Crippen LogP) is 1.47. The van der Waals surface area contributed by atoms with Crippen molar-refractivity contribution in [3.63, 3.8) is 0 Å². The molecule has 5 atom stereocenters. The highest BCUT2D eigenvalue weighted by molar-refractivity contribution is 6.00. The number of nitrogens with zero attached hydrogens (tertiary/aromatic N) is 2. The minimum atomic E-state index is -1.12. The van der Waals surface area contributed by atoms with Crippen molar-refractivity contribution in [2.45, 2.75) is 112 Å². The molecule has 7 amide bonds. The molecular formula is C31H59N7O6. The summed E-state index contributed by atoms with van der Waals surface area (Å²) in [4.78, 5) is 80.8. The van der Waals surface area contributed by atoms with E-state index in [1.165, 1.54) is 37.9 Å². The first-order chi connectivity index (χ1) is 20.3. The molecule has 0 heterocycles. The molecule has 0 saturated carbocycles. The SMILES string of the molecule is CNC(=O)[C@H](CC(C)C)N(C)C(=O)NC(=O)[C@@H](C)NC(=O)[C@H](CC(C)C)N(C)C(=O)[C@@H](NC(=O)[C@H](CC(C)C)NC)C(C)C. The van der Waals surface area contributed by atoms with Crippen molar-refractivity contribution in [2.75, 3.05) is 28.2 Å². The Labute approximate surface area is 264 Å². The van der Waals surface area contributed by atoms with Crippen LogP contribution in [0.25, 0.3) is 0 Å². The fraction of sp³-hybridized carbons (Fsp3) is 0.806. The molecule has 0 aromatic carbocycles. The number of hydrogen-bond acceptors (Lipinski definition) is 7. The molecule has 5 N–H and O–H groups in total. The molecule has 13 heteroatoms. The number of urea groups is 1. The zero-order valence-electron chi connectivity index (χ0n) is 29.2. The number of hydrogen-bond donors (Lipinski definition) is 5. The van der Waals surface area contributed by atoms with Crippen LogP contribution in [0.1, 0.15) is 81.6 Å². The van der Waals surface area contributed by atoms with Crippen molar-refractivity contribution in [2.24, 2.45) is 23.7 Å². The Bertz CT molecular complexity index is 985. The third-order valence-corrected chi connectivity index (χ3v) is 7.43. The molecule has 0 aliphatic heterocycles. The van der Waals surface area contributed by atoms with E-state index in [-0.39, 0.29) is 35.5 Å². The average molecular weight is 626 g/mol. The van der Waals surface area contributed by atoms with Gasteiger partial charge in [-0.1, -0.05) is 55.4 Å². The second-order valence-electron chi connectivity index (χ2n) is 13.2. The Kier molecular flexibility index (Phi) is 17.8. The Hall–Kier alpha value is -3.22. The molecule has 254 valence electrons. The summed E-state index contributed by atoms with van der Waals surface area (Å²) < 4.78 is 0. The standard InChI is InChI=1S/C31H59N7O6/c1-17(2)14-22(32-10)27(40)35-25(20(7)8)30(43)37(12)24(16-19(5)6)29(42)34-21(9)26(39)36-31(44)38(13)23(15-18(3)4)28(41)33-11/h17-25,32H,14-16H2,1-13H3,(H,33,41)(H,34,42)(H,35,40)(H,36,39,44)/t21-,22+,23+,24+,25+/m1/s1. The monoisotopic (exact) mass is 625 g/mol. The van der Waals surface area contributed by atoms with Crippen LogP contribution in [0.2, 0.25) is 0 Å². The maximum absolute atomic E-state index is 13.7. The van der Waals surface area contributed by atoms with Crippen LogP contribution in [0.5, 0.6) is 0 Å². The lowest BCUT2D eigenvalue weighted by atomic mass is 9.97. The van der Waals surface area contributed by atoms with E-state index in [0.29, 0.717) is 19.3 Å². The molecule has 0 bridgehead atoms. The van der Waals surface area contributed by atoms with E-state index in [1.54, 1.807) is 7.05 Å². The Balaban J connectivity index is 5.76. The van der Waals surface area contributed by atoms with E-state index >= 15 is 0 Å². The first-order valence-corrected chi connectivity index (χ1v) is 15.6. The van der Waals surface area contributed by atoms with Gasteiger partial charge in [-0.2, -0.15) is 0 Å². The van der Waals surface area contributed by atoms with Gasteiger partial charge in [0.05, 0.1) is 6.04 Å². The minimum absolute atomic E-state index is 0.0229. The van der Waals surface area contributed by atoms with Crippen LogP contribution in [0, 0.1) is 23.7 Å². The summed E-state index contributed by atoms with van der Waals surface area (Å²) in [5.74, 6) is -2.25. The number of nitrogens with one attached hydrogen (secondary N) is 5. The molecule has 0 aromatic heterocycles. The van der Waals surface area contributed by atoms with Crippen LogP contribution >= 0.6 is 0 Å². The Morgan fingerprint density at radius 3 is 1.48 bits per heavy atom. The topological polar surface area (TPSA) is 169 Å². The van der Waals surface area contributed by atoms with Crippen molar-refractivity contribution in [1.29, 1.82) is 0 Å². The highest BCUT2D eigenvalue weighted by atomic mass is 16.2. The van der Waals surface area contributed by atoms with Gasteiger partial charge in [0.25, 0.3) is 0 Å². The van der Waals surface area contributed by atoms with Gasteiger partial charge in [-0.15, -0.1) is 0 Å². The van der Waals surface area contributed by atoms with E-state index < -0.39 is 54.0 Å². The molecule has 0 spiro atoms. The number of likely N-dealkylation sites (N-methyl/N-ethyl adjacent to an activating group) is 4. The lowest BCUT2D eigenvalue weighted by molar-refractivity contribution is -0.144. The molecule has 0 aliphatic rings. The fourth-order valence-corrected chi connectivity index (χ4v) is 4.73. The molecule has 0 radical (unpaired) electrons. The lowest BCUT2D eigenvalue weighted by Crippen LogP contribution is -2.60. The highest BCUT2D eigenvalue weighted by Crippen LogP contribution is 2.16.